The molecule has 0 bridgehead atoms. The van der Waals surface area contributed by atoms with Crippen molar-refractivity contribution in [1.29, 1.82) is 0 Å². The number of rotatable bonds is 4. The summed E-state index contributed by atoms with van der Waals surface area (Å²) >= 11 is 0. The highest BCUT2D eigenvalue weighted by molar-refractivity contribution is 6.22. The van der Waals surface area contributed by atoms with Crippen LogP contribution in [0.25, 0.3) is 11.0 Å². The zero-order valence-electron chi connectivity index (χ0n) is 16.0. The number of hydrogen-bond acceptors (Lipinski definition) is 5. The third kappa shape index (κ3) is 3.87. The summed E-state index contributed by atoms with van der Waals surface area (Å²) < 4.78 is 18.9. The fourth-order valence-corrected chi connectivity index (χ4v) is 3.11. The number of amides is 1. The van der Waals surface area contributed by atoms with Crippen LogP contribution in [0.2, 0.25) is 0 Å². The van der Waals surface area contributed by atoms with Crippen LogP contribution in [0.3, 0.4) is 0 Å². The summed E-state index contributed by atoms with van der Waals surface area (Å²) in [5.41, 5.74) is 3.49. The van der Waals surface area contributed by atoms with E-state index in [4.69, 9.17) is 4.74 Å². The molecule has 0 unspecified atom stereocenters. The first-order valence-corrected chi connectivity index (χ1v) is 9.22. The molecule has 29 heavy (non-hydrogen) atoms. The molecule has 0 aliphatic carbocycles. The summed E-state index contributed by atoms with van der Waals surface area (Å²) in [7, 11) is 0. The van der Waals surface area contributed by atoms with Crippen LogP contribution >= 0.6 is 0 Å². The Bertz CT molecular complexity index is 1150. The van der Waals surface area contributed by atoms with Crippen LogP contribution < -0.4 is 5.32 Å². The number of Topliss-reactive ketones (excluding diaryl/α,β-unsaturated/α-hetero) is 1. The topological polar surface area (TPSA) is 96.4 Å². The molecule has 2 aromatic carbocycles. The Morgan fingerprint density at radius 3 is 2.86 bits per heavy atom. The number of imidazole rings is 1. The molecule has 0 saturated heterocycles. The van der Waals surface area contributed by atoms with Gasteiger partial charge in [0.05, 0.1) is 23.4 Å². The van der Waals surface area contributed by atoms with Crippen molar-refractivity contribution in [3.05, 3.63) is 58.9 Å². The summed E-state index contributed by atoms with van der Waals surface area (Å²) in [5.74, 6) is -0.0779. The van der Waals surface area contributed by atoms with E-state index in [9.17, 15) is 14.0 Å². The lowest BCUT2D eigenvalue weighted by molar-refractivity contribution is 0.1000. The number of anilines is 1. The van der Waals surface area contributed by atoms with Gasteiger partial charge >= 0.3 is 6.09 Å². The monoisotopic (exact) mass is 394 g/mol. The van der Waals surface area contributed by atoms with Crippen LogP contribution in [-0.4, -0.2) is 40.7 Å². The lowest BCUT2D eigenvalue weighted by atomic mass is 9.92. The molecule has 0 saturated carbocycles. The van der Waals surface area contributed by atoms with Crippen molar-refractivity contribution in [3.63, 3.8) is 0 Å². The standard InChI is InChI=1S/C21H19FN4O3/c1-11(2)10-29-21(28)26-20-24-16-6-3-12(7-17(16)25-20)19-15-8-13(22)4-5-14(15)18(27)9-23-19/h3-8,11H,9-10H2,1-2H3,(H2,24,25,26,28). The summed E-state index contributed by atoms with van der Waals surface area (Å²) in [6.07, 6.45) is -0.586. The van der Waals surface area contributed by atoms with Gasteiger partial charge in [-0.3, -0.25) is 15.1 Å². The zero-order chi connectivity index (χ0) is 20.5. The Morgan fingerprint density at radius 1 is 1.24 bits per heavy atom. The van der Waals surface area contributed by atoms with Crippen LogP contribution in [0.1, 0.15) is 35.3 Å². The molecule has 2 heterocycles. The first-order chi connectivity index (χ1) is 13.9. The predicted molar refractivity (Wildman–Crippen MR) is 107 cm³/mol. The molecule has 4 rings (SSSR count). The van der Waals surface area contributed by atoms with Gasteiger partial charge in [-0.05, 0) is 36.2 Å². The number of ketones is 1. The van der Waals surface area contributed by atoms with E-state index in [1.807, 2.05) is 13.8 Å². The summed E-state index contributed by atoms with van der Waals surface area (Å²) in [6, 6.07) is 9.45. The maximum atomic E-state index is 13.8. The molecule has 0 spiro atoms. The van der Waals surface area contributed by atoms with Crippen LogP contribution in [0, 0.1) is 11.7 Å². The molecular formula is C21H19FN4O3. The molecule has 1 amide bonds. The Hall–Kier alpha value is -3.55. The largest absolute Gasteiger partial charge is 0.449 e. The highest BCUT2D eigenvalue weighted by atomic mass is 19.1. The Labute approximate surface area is 166 Å². The van der Waals surface area contributed by atoms with Crippen molar-refractivity contribution >= 4 is 34.6 Å². The molecule has 0 radical (unpaired) electrons. The van der Waals surface area contributed by atoms with E-state index < -0.39 is 11.9 Å². The van der Waals surface area contributed by atoms with Gasteiger partial charge < -0.3 is 9.72 Å². The minimum atomic E-state index is -0.586. The van der Waals surface area contributed by atoms with E-state index >= 15 is 0 Å². The number of hydrogen-bond donors (Lipinski definition) is 2. The van der Waals surface area contributed by atoms with Gasteiger partial charge in [0.25, 0.3) is 0 Å². The van der Waals surface area contributed by atoms with E-state index in [2.05, 4.69) is 20.3 Å². The van der Waals surface area contributed by atoms with Crippen molar-refractivity contribution in [3.8, 4) is 0 Å². The molecule has 148 valence electrons. The second-order valence-electron chi connectivity index (χ2n) is 7.21. The number of carbonyl (C=O) groups is 2. The number of nitrogens with one attached hydrogen (secondary N) is 2. The van der Waals surface area contributed by atoms with Gasteiger partial charge in [-0.15, -0.1) is 0 Å². The molecule has 3 aromatic rings. The van der Waals surface area contributed by atoms with Crippen LogP contribution in [0.15, 0.2) is 41.4 Å². The summed E-state index contributed by atoms with van der Waals surface area (Å²) in [4.78, 5) is 35.6. The molecule has 1 aliphatic rings. The van der Waals surface area contributed by atoms with Crippen molar-refractivity contribution in [1.82, 2.24) is 9.97 Å². The number of aliphatic imine (C=N–C) groups is 1. The van der Waals surface area contributed by atoms with Crippen molar-refractivity contribution < 1.29 is 18.7 Å². The fraction of sp³-hybridized carbons (Fsp3) is 0.238. The number of nitrogens with zero attached hydrogens (tertiary/aromatic N) is 2. The molecule has 7 nitrogen and oxygen atoms in total. The minimum absolute atomic E-state index is 0.0173. The second-order valence-corrected chi connectivity index (χ2v) is 7.21. The molecule has 8 heteroatoms. The molecule has 1 aliphatic heterocycles. The van der Waals surface area contributed by atoms with Gasteiger partial charge in [0.2, 0.25) is 5.95 Å². The number of H-pyrrole nitrogens is 1. The van der Waals surface area contributed by atoms with Gasteiger partial charge in [-0.2, -0.15) is 0 Å². The summed E-state index contributed by atoms with van der Waals surface area (Å²) in [5, 5.41) is 2.56. The molecule has 2 N–H and O–H groups in total. The van der Waals surface area contributed by atoms with Gasteiger partial charge in [0.15, 0.2) is 5.78 Å². The van der Waals surface area contributed by atoms with Crippen LogP contribution in [-0.2, 0) is 4.74 Å². The maximum absolute atomic E-state index is 13.8. The van der Waals surface area contributed by atoms with E-state index in [0.29, 0.717) is 34.5 Å². The maximum Gasteiger partial charge on any atom is 0.413 e. The number of carbonyl (C=O) groups excluding carboxylic acids is 2. The normalized spacial score (nSPS) is 13.4. The number of aromatic amines is 1. The number of halogens is 1. The van der Waals surface area contributed by atoms with E-state index in [1.165, 1.54) is 18.2 Å². The van der Waals surface area contributed by atoms with Crippen molar-refractivity contribution in [2.24, 2.45) is 10.9 Å². The number of benzene rings is 2. The van der Waals surface area contributed by atoms with Gasteiger partial charge in [0.1, 0.15) is 12.4 Å². The van der Waals surface area contributed by atoms with Gasteiger partial charge in [0, 0.05) is 16.7 Å². The zero-order valence-corrected chi connectivity index (χ0v) is 16.0. The lowest BCUT2D eigenvalue weighted by Crippen LogP contribution is -2.20. The highest BCUT2D eigenvalue weighted by Crippen LogP contribution is 2.24. The summed E-state index contributed by atoms with van der Waals surface area (Å²) in [6.45, 7) is 4.22. The molecule has 1 aromatic heterocycles. The third-order valence-electron chi connectivity index (χ3n) is 4.44. The Morgan fingerprint density at radius 2 is 2.07 bits per heavy atom. The molecule has 0 atom stereocenters. The number of aromatic nitrogens is 2. The average Bonchev–Trinajstić information content (AvgIpc) is 3.08. The van der Waals surface area contributed by atoms with Gasteiger partial charge in [-0.1, -0.05) is 19.9 Å². The van der Waals surface area contributed by atoms with Crippen molar-refractivity contribution in [2.75, 3.05) is 18.5 Å². The van der Waals surface area contributed by atoms with Crippen LogP contribution in [0.5, 0.6) is 0 Å². The first-order valence-electron chi connectivity index (χ1n) is 9.22. The quantitative estimate of drug-likeness (QED) is 0.700. The number of fused-ring (bicyclic) bond motifs is 2. The average molecular weight is 394 g/mol. The van der Waals surface area contributed by atoms with Crippen LogP contribution in [0.4, 0.5) is 15.1 Å². The Kier molecular flexibility index (Phi) is 4.84. The smallest absolute Gasteiger partial charge is 0.413 e. The fourth-order valence-electron chi connectivity index (χ4n) is 3.11. The molecular weight excluding hydrogens is 375 g/mol. The van der Waals surface area contributed by atoms with E-state index in [-0.39, 0.29) is 24.2 Å². The third-order valence-corrected chi connectivity index (χ3v) is 4.44. The second kappa shape index (κ2) is 7.46. The minimum Gasteiger partial charge on any atom is -0.449 e. The highest BCUT2D eigenvalue weighted by Gasteiger charge is 2.22. The lowest BCUT2D eigenvalue weighted by Gasteiger charge is -2.16. The SMILES string of the molecule is CC(C)COC(=O)Nc1nc2ccc(C3=NCC(=O)c4ccc(F)cc43)cc2[nH]1. The number of ether oxygens (including phenoxy) is 1. The Balaban J connectivity index is 1.63. The van der Waals surface area contributed by atoms with Crippen molar-refractivity contribution in [2.45, 2.75) is 13.8 Å². The molecule has 0 fully saturated rings. The predicted octanol–water partition coefficient (Wildman–Crippen LogP) is 3.94. The van der Waals surface area contributed by atoms with E-state index in [0.717, 1.165) is 5.56 Å². The van der Waals surface area contributed by atoms with E-state index in [1.54, 1.807) is 18.2 Å². The first kappa shape index (κ1) is 18.8. The van der Waals surface area contributed by atoms with Gasteiger partial charge in [-0.25, -0.2) is 14.2 Å².